The average Bonchev–Trinajstić information content (AvgIpc) is 3.76. The molecule has 0 aliphatic carbocycles. The number of ether oxygens (including phenoxy) is 1. The predicted molar refractivity (Wildman–Crippen MR) is 243 cm³/mol. The molecule has 1 unspecified atom stereocenters. The minimum Gasteiger partial charge on any atom is -0.456 e. The molecule has 4 aromatic carbocycles. The molecule has 0 bridgehead atoms. The number of hydrogen-bond acceptors (Lipinski definition) is 10. The van der Waals surface area contributed by atoms with Crippen LogP contribution in [-0.2, 0) is 20.9 Å². The van der Waals surface area contributed by atoms with E-state index in [4.69, 9.17) is 9.72 Å². The zero-order chi connectivity index (χ0) is 44.1. The van der Waals surface area contributed by atoms with E-state index in [0.717, 1.165) is 88.8 Å². The van der Waals surface area contributed by atoms with E-state index in [0.29, 0.717) is 17.8 Å². The standard InChI is InChI=1S/C50H51N7O6/c1-50(2,3)63-49(62)35-20-22-37(23-21-35)53-45-44(54-41-30-36(26-29-56(41)45)33-12-7-6-8-13-33)34-18-16-32(17-19-34)31-51-27-9-4-5-10-28-52-39-15-11-14-38-43(39)48(61)57(47(38)60)40-24-25-42(58)55-46(40)59/h6-8,11-23,26,29-30,40,51-53H,4-5,9-10,24-25,27-28,31H2,1-3H3,(H,55,58,59). The maximum atomic E-state index is 13.4. The second-order valence-corrected chi connectivity index (χ2v) is 16.9. The highest BCUT2D eigenvalue weighted by atomic mass is 16.6. The Morgan fingerprint density at radius 3 is 2.27 bits per heavy atom. The summed E-state index contributed by atoms with van der Waals surface area (Å²) in [5, 5.41) is 12.7. The van der Waals surface area contributed by atoms with Gasteiger partial charge in [0.2, 0.25) is 11.8 Å². The fourth-order valence-electron chi connectivity index (χ4n) is 7.97. The van der Waals surface area contributed by atoms with Crippen LogP contribution in [0.25, 0.3) is 28.0 Å². The van der Waals surface area contributed by atoms with Crippen molar-refractivity contribution in [3.8, 4) is 22.4 Å². The fourth-order valence-corrected chi connectivity index (χ4v) is 7.97. The lowest BCUT2D eigenvalue weighted by molar-refractivity contribution is -0.136. The van der Waals surface area contributed by atoms with E-state index in [9.17, 15) is 24.0 Å². The molecule has 13 nitrogen and oxygen atoms in total. The summed E-state index contributed by atoms with van der Waals surface area (Å²) in [6.45, 7) is 7.78. The molecule has 322 valence electrons. The van der Waals surface area contributed by atoms with Crippen LogP contribution in [-0.4, -0.2) is 68.6 Å². The average molecular weight is 846 g/mol. The number of fused-ring (bicyclic) bond motifs is 2. The van der Waals surface area contributed by atoms with Crippen LogP contribution in [0, 0.1) is 0 Å². The minimum absolute atomic E-state index is 0.0814. The highest BCUT2D eigenvalue weighted by Crippen LogP contribution is 2.35. The molecule has 0 saturated carbocycles. The number of nitrogens with one attached hydrogen (secondary N) is 4. The number of unbranched alkanes of at least 4 members (excludes halogenated alkanes) is 3. The van der Waals surface area contributed by atoms with E-state index in [-0.39, 0.29) is 29.9 Å². The Kier molecular flexibility index (Phi) is 12.5. The van der Waals surface area contributed by atoms with Crippen molar-refractivity contribution in [3.63, 3.8) is 0 Å². The number of hydrogen-bond donors (Lipinski definition) is 4. The number of rotatable bonds is 16. The zero-order valence-corrected chi connectivity index (χ0v) is 35.7. The third-order valence-electron chi connectivity index (χ3n) is 11.1. The van der Waals surface area contributed by atoms with E-state index in [2.05, 4.69) is 69.8 Å². The van der Waals surface area contributed by atoms with Gasteiger partial charge in [-0.1, -0.05) is 73.5 Å². The lowest BCUT2D eigenvalue weighted by Crippen LogP contribution is -2.54. The molecule has 6 aromatic rings. The number of aromatic nitrogens is 2. The van der Waals surface area contributed by atoms with Gasteiger partial charge >= 0.3 is 5.97 Å². The molecule has 0 spiro atoms. The van der Waals surface area contributed by atoms with Gasteiger partial charge in [0.05, 0.1) is 16.7 Å². The third-order valence-corrected chi connectivity index (χ3v) is 11.1. The van der Waals surface area contributed by atoms with Crippen LogP contribution in [0.15, 0.2) is 115 Å². The number of carbonyl (C=O) groups excluding carboxylic acids is 5. The molecular weight excluding hydrogens is 795 g/mol. The van der Waals surface area contributed by atoms with Gasteiger partial charge in [0.25, 0.3) is 11.8 Å². The molecule has 1 saturated heterocycles. The molecule has 1 atom stereocenters. The van der Waals surface area contributed by atoms with Crippen molar-refractivity contribution in [2.24, 2.45) is 0 Å². The van der Waals surface area contributed by atoms with Crippen molar-refractivity contribution in [2.45, 2.75) is 77.5 Å². The molecule has 2 aliphatic heterocycles. The number of anilines is 3. The minimum atomic E-state index is -0.990. The highest BCUT2D eigenvalue weighted by Gasteiger charge is 2.45. The Hall–Kier alpha value is -7.12. The van der Waals surface area contributed by atoms with E-state index in [1.165, 1.54) is 0 Å². The van der Waals surface area contributed by atoms with Crippen molar-refractivity contribution in [2.75, 3.05) is 23.7 Å². The normalized spacial score (nSPS) is 15.1. The summed E-state index contributed by atoms with van der Waals surface area (Å²) in [7, 11) is 0. The summed E-state index contributed by atoms with van der Waals surface area (Å²) >= 11 is 0. The Labute approximate surface area is 366 Å². The van der Waals surface area contributed by atoms with Gasteiger partial charge in [0.15, 0.2) is 0 Å². The topological polar surface area (TPSA) is 163 Å². The number of amides is 4. The highest BCUT2D eigenvalue weighted by molar-refractivity contribution is 6.25. The summed E-state index contributed by atoms with van der Waals surface area (Å²) < 4.78 is 7.60. The van der Waals surface area contributed by atoms with Gasteiger partial charge in [0.1, 0.15) is 28.8 Å². The van der Waals surface area contributed by atoms with Gasteiger partial charge in [-0.25, -0.2) is 9.78 Å². The van der Waals surface area contributed by atoms with Crippen molar-refractivity contribution in [3.05, 3.63) is 138 Å². The number of carbonyl (C=O) groups is 5. The number of esters is 1. The summed E-state index contributed by atoms with van der Waals surface area (Å²) in [4.78, 5) is 69.3. The summed E-state index contributed by atoms with van der Waals surface area (Å²) in [5.74, 6) is -1.60. The molecule has 2 aliphatic rings. The summed E-state index contributed by atoms with van der Waals surface area (Å²) in [5.41, 5.74) is 7.73. The SMILES string of the molecule is CC(C)(C)OC(=O)c1ccc(Nc2c(-c3ccc(CNCCCCCCNc4cccc5c4C(=O)N(C4CCC(=O)NC4=O)C5=O)cc3)nc3cc(-c4ccccc4)ccn23)cc1. The van der Waals surface area contributed by atoms with Crippen LogP contribution >= 0.6 is 0 Å². The summed E-state index contributed by atoms with van der Waals surface area (Å²) in [6.07, 6.45) is 6.14. The fraction of sp³-hybridized carbons (Fsp3) is 0.280. The molecule has 4 heterocycles. The molecule has 63 heavy (non-hydrogen) atoms. The largest absolute Gasteiger partial charge is 0.456 e. The van der Waals surface area contributed by atoms with Crippen molar-refractivity contribution < 1.29 is 28.7 Å². The number of imide groups is 2. The van der Waals surface area contributed by atoms with E-state index >= 15 is 0 Å². The number of benzene rings is 4. The smallest absolute Gasteiger partial charge is 0.338 e. The Bertz CT molecular complexity index is 2670. The Morgan fingerprint density at radius 2 is 1.54 bits per heavy atom. The first-order valence-electron chi connectivity index (χ1n) is 21.5. The van der Waals surface area contributed by atoms with Crippen LogP contribution in [0.5, 0.6) is 0 Å². The number of pyridine rings is 1. The van der Waals surface area contributed by atoms with Crippen molar-refractivity contribution in [1.82, 2.24) is 24.9 Å². The number of nitrogens with zero attached hydrogens (tertiary/aromatic N) is 3. The van der Waals surface area contributed by atoms with Crippen molar-refractivity contribution in [1.29, 1.82) is 0 Å². The Morgan fingerprint density at radius 1 is 0.794 bits per heavy atom. The predicted octanol–water partition coefficient (Wildman–Crippen LogP) is 8.53. The van der Waals surface area contributed by atoms with Gasteiger partial charge in [-0.05, 0) is 112 Å². The maximum absolute atomic E-state index is 13.4. The summed E-state index contributed by atoms with van der Waals surface area (Å²) in [6, 6.07) is 34.2. The molecule has 4 amide bonds. The molecule has 8 rings (SSSR count). The van der Waals surface area contributed by atoms with Gasteiger partial charge < -0.3 is 20.7 Å². The van der Waals surface area contributed by atoms with E-state index in [1.807, 2.05) is 61.7 Å². The van der Waals surface area contributed by atoms with Crippen LogP contribution in [0.3, 0.4) is 0 Å². The quantitative estimate of drug-likeness (QED) is 0.0422. The molecule has 13 heteroatoms. The molecular formula is C50H51N7O6. The van der Waals surface area contributed by atoms with Gasteiger partial charge in [0, 0.05) is 42.6 Å². The maximum Gasteiger partial charge on any atom is 0.338 e. The van der Waals surface area contributed by atoms with Gasteiger partial charge in [-0.3, -0.25) is 33.8 Å². The van der Waals surface area contributed by atoms with E-state index in [1.54, 1.807) is 30.3 Å². The first kappa shape index (κ1) is 42.6. The molecule has 0 radical (unpaired) electrons. The zero-order valence-electron chi connectivity index (χ0n) is 35.7. The van der Waals surface area contributed by atoms with Crippen LogP contribution in [0.1, 0.15) is 95.9 Å². The molecule has 1 fully saturated rings. The number of imidazole rings is 1. The van der Waals surface area contributed by atoms with Crippen LogP contribution in [0.4, 0.5) is 17.2 Å². The lowest BCUT2D eigenvalue weighted by atomic mass is 10.0. The van der Waals surface area contributed by atoms with Gasteiger partial charge in [-0.2, -0.15) is 0 Å². The molecule has 4 N–H and O–H groups in total. The lowest BCUT2D eigenvalue weighted by Gasteiger charge is -2.27. The second kappa shape index (κ2) is 18.5. The first-order valence-corrected chi connectivity index (χ1v) is 21.5. The molecule has 2 aromatic heterocycles. The first-order chi connectivity index (χ1) is 30.4. The third kappa shape index (κ3) is 9.68. The Balaban J connectivity index is 0.839. The van der Waals surface area contributed by atoms with Crippen LogP contribution < -0.4 is 21.3 Å². The second-order valence-electron chi connectivity index (χ2n) is 16.9. The number of piperidine rings is 1. The van der Waals surface area contributed by atoms with Gasteiger partial charge in [-0.15, -0.1) is 0 Å². The monoisotopic (exact) mass is 845 g/mol. The van der Waals surface area contributed by atoms with E-state index < -0.39 is 35.3 Å². The van der Waals surface area contributed by atoms with Crippen molar-refractivity contribution >= 4 is 52.4 Å². The van der Waals surface area contributed by atoms with Crippen LogP contribution in [0.2, 0.25) is 0 Å².